The van der Waals surface area contributed by atoms with Crippen molar-refractivity contribution in [2.75, 3.05) is 11.9 Å². The zero-order valence-electron chi connectivity index (χ0n) is 9.47. The van der Waals surface area contributed by atoms with Crippen LogP contribution in [0.2, 0.25) is 0 Å². The van der Waals surface area contributed by atoms with E-state index in [9.17, 15) is 0 Å². The molecule has 0 saturated heterocycles. The molecule has 0 heterocycles. The first kappa shape index (κ1) is 12.5. The summed E-state index contributed by atoms with van der Waals surface area (Å²) in [6, 6.07) is 0. The Morgan fingerprint density at radius 2 is 2.07 bits per heavy atom. The fraction of sp³-hybridized carbons (Fsp3) is 1.00. The summed E-state index contributed by atoms with van der Waals surface area (Å²) in [5, 5.41) is 1.05. The maximum atomic E-state index is 6.01. The molecule has 2 heteroatoms. The molecule has 0 aromatic carbocycles. The zero-order chi connectivity index (χ0) is 10.4. The molecule has 0 aliphatic heterocycles. The van der Waals surface area contributed by atoms with Gasteiger partial charge in [0.2, 0.25) is 0 Å². The second-order valence-electron chi connectivity index (χ2n) is 4.58. The summed E-state index contributed by atoms with van der Waals surface area (Å²) in [6.07, 6.45) is 7.27. The Labute approximate surface area is 96.7 Å². The molecule has 0 radical (unpaired) electrons. The molecule has 0 spiro atoms. The monoisotopic (exact) mass is 262 g/mol. The minimum absolute atomic E-state index is 0.551. The van der Waals surface area contributed by atoms with Crippen molar-refractivity contribution < 1.29 is 4.74 Å². The first-order chi connectivity index (χ1) is 6.77. The molecule has 0 bridgehead atoms. The molecular weight excluding hydrogens is 240 g/mol. The lowest BCUT2D eigenvalue weighted by atomic mass is 9.85. The lowest BCUT2D eigenvalue weighted by Crippen LogP contribution is -2.29. The van der Waals surface area contributed by atoms with Gasteiger partial charge in [-0.1, -0.05) is 49.0 Å². The lowest BCUT2D eigenvalue weighted by molar-refractivity contribution is -0.0228. The third-order valence-electron chi connectivity index (χ3n) is 3.22. The summed E-state index contributed by atoms with van der Waals surface area (Å²) < 4.78 is 6.01. The second kappa shape index (κ2) is 6.84. The van der Waals surface area contributed by atoms with Gasteiger partial charge in [-0.2, -0.15) is 0 Å². The molecule has 3 atom stereocenters. The number of rotatable bonds is 5. The first-order valence-corrected chi connectivity index (χ1v) is 7.07. The van der Waals surface area contributed by atoms with Crippen molar-refractivity contribution in [3.05, 3.63) is 0 Å². The second-order valence-corrected chi connectivity index (χ2v) is 5.23. The molecule has 1 rings (SSSR count). The van der Waals surface area contributed by atoms with Crippen molar-refractivity contribution in [2.24, 2.45) is 11.8 Å². The molecule has 1 saturated carbocycles. The number of halogens is 1. The van der Waals surface area contributed by atoms with Gasteiger partial charge in [0.25, 0.3) is 0 Å². The Hall–Kier alpha value is 0.440. The predicted molar refractivity (Wildman–Crippen MR) is 64.9 cm³/mol. The van der Waals surface area contributed by atoms with E-state index in [1.165, 1.54) is 32.1 Å². The third-order valence-corrected chi connectivity index (χ3v) is 4.33. The van der Waals surface area contributed by atoms with E-state index in [0.29, 0.717) is 12.0 Å². The van der Waals surface area contributed by atoms with E-state index in [2.05, 4.69) is 29.8 Å². The summed E-state index contributed by atoms with van der Waals surface area (Å²) in [4.78, 5) is 0. The molecule has 1 aliphatic rings. The van der Waals surface area contributed by atoms with E-state index >= 15 is 0 Å². The van der Waals surface area contributed by atoms with Gasteiger partial charge in [-0.15, -0.1) is 0 Å². The van der Waals surface area contributed by atoms with Gasteiger partial charge >= 0.3 is 0 Å². The molecule has 1 aliphatic carbocycles. The van der Waals surface area contributed by atoms with Crippen LogP contribution in [-0.2, 0) is 4.74 Å². The lowest BCUT2D eigenvalue weighted by Gasteiger charge is -2.31. The fourth-order valence-corrected chi connectivity index (χ4v) is 2.38. The number of hydrogen-bond donors (Lipinski definition) is 0. The molecule has 1 nitrogen and oxygen atoms in total. The van der Waals surface area contributed by atoms with E-state index in [1.54, 1.807) is 0 Å². The summed E-state index contributed by atoms with van der Waals surface area (Å²) >= 11 is 3.49. The average molecular weight is 263 g/mol. The Morgan fingerprint density at radius 3 is 2.71 bits per heavy atom. The number of ether oxygens (including phenoxy) is 1. The van der Waals surface area contributed by atoms with Gasteiger partial charge in [0.15, 0.2) is 0 Å². The van der Waals surface area contributed by atoms with Gasteiger partial charge in [0.05, 0.1) is 12.7 Å². The molecule has 0 N–H and O–H groups in total. The van der Waals surface area contributed by atoms with Crippen LogP contribution in [0.4, 0.5) is 0 Å². The van der Waals surface area contributed by atoms with E-state index in [1.807, 2.05) is 0 Å². The van der Waals surface area contributed by atoms with E-state index in [0.717, 1.165) is 17.9 Å². The van der Waals surface area contributed by atoms with Gasteiger partial charge < -0.3 is 4.74 Å². The first-order valence-electron chi connectivity index (χ1n) is 5.95. The highest BCUT2D eigenvalue weighted by Gasteiger charge is 2.24. The summed E-state index contributed by atoms with van der Waals surface area (Å²) in [5.74, 6) is 1.47. The number of alkyl halides is 1. The van der Waals surface area contributed by atoms with E-state index in [-0.39, 0.29) is 0 Å². The van der Waals surface area contributed by atoms with Crippen LogP contribution in [0.1, 0.15) is 46.0 Å². The Bertz CT molecular complexity index is 149. The SMILES string of the molecule is CCC1CCCCC1OCC(C)CBr. The van der Waals surface area contributed by atoms with Gasteiger partial charge in [0, 0.05) is 5.33 Å². The van der Waals surface area contributed by atoms with E-state index < -0.39 is 0 Å². The van der Waals surface area contributed by atoms with Crippen LogP contribution in [0.15, 0.2) is 0 Å². The average Bonchev–Trinajstić information content (AvgIpc) is 2.26. The smallest absolute Gasteiger partial charge is 0.0603 e. The minimum atomic E-state index is 0.551. The molecule has 0 aromatic heterocycles. The summed E-state index contributed by atoms with van der Waals surface area (Å²) in [5.41, 5.74) is 0. The van der Waals surface area contributed by atoms with E-state index in [4.69, 9.17) is 4.74 Å². The number of hydrogen-bond acceptors (Lipinski definition) is 1. The quantitative estimate of drug-likeness (QED) is 0.681. The standard InChI is InChI=1S/C12H23BrO/c1-3-11-6-4-5-7-12(11)14-9-10(2)8-13/h10-12H,3-9H2,1-2H3. The molecule has 14 heavy (non-hydrogen) atoms. The van der Waals surface area contributed by atoms with Crippen molar-refractivity contribution >= 4 is 15.9 Å². The highest BCUT2D eigenvalue weighted by atomic mass is 79.9. The normalized spacial score (nSPS) is 30.2. The van der Waals surface area contributed by atoms with Crippen LogP contribution in [0, 0.1) is 11.8 Å². The van der Waals surface area contributed by atoms with Crippen LogP contribution < -0.4 is 0 Å². The van der Waals surface area contributed by atoms with Crippen molar-refractivity contribution in [3.8, 4) is 0 Å². The summed E-state index contributed by atoms with van der Waals surface area (Å²) in [7, 11) is 0. The van der Waals surface area contributed by atoms with Crippen LogP contribution in [-0.4, -0.2) is 18.0 Å². The van der Waals surface area contributed by atoms with Crippen LogP contribution >= 0.6 is 15.9 Å². The highest BCUT2D eigenvalue weighted by Crippen LogP contribution is 2.29. The largest absolute Gasteiger partial charge is 0.378 e. The molecule has 0 amide bonds. The van der Waals surface area contributed by atoms with Crippen molar-refractivity contribution in [1.29, 1.82) is 0 Å². The fourth-order valence-electron chi connectivity index (χ4n) is 2.19. The molecule has 1 fully saturated rings. The third kappa shape index (κ3) is 3.90. The zero-order valence-corrected chi connectivity index (χ0v) is 11.1. The maximum absolute atomic E-state index is 6.01. The minimum Gasteiger partial charge on any atom is -0.378 e. The van der Waals surface area contributed by atoms with Gasteiger partial charge in [-0.3, -0.25) is 0 Å². The Balaban J connectivity index is 2.26. The predicted octanol–water partition coefficient (Wildman–Crippen LogP) is 4.00. The van der Waals surface area contributed by atoms with Crippen LogP contribution in [0.3, 0.4) is 0 Å². The molecular formula is C12H23BrO. The molecule has 84 valence electrons. The highest BCUT2D eigenvalue weighted by molar-refractivity contribution is 9.09. The Morgan fingerprint density at radius 1 is 1.36 bits per heavy atom. The molecule has 3 unspecified atom stereocenters. The van der Waals surface area contributed by atoms with Gasteiger partial charge in [0.1, 0.15) is 0 Å². The van der Waals surface area contributed by atoms with Crippen molar-refractivity contribution in [3.63, 3.8) is 0 Å². The molecule has 0 aromatic rings. The Kier molecular flexibility index (Phi) is 6.11. The topological polar surface area (TPSA) is 9.23 Å². The van der Waals surface area contributed by atoms with Crippen LogP contribution in [0.25, 0.3) is 0 Å². The van der Waals surface area contributed by atoms with Gasteiger partial charge in [-0.05, 0) is 24.7 Å². The van der Waals surface area contributed by atoms with Crippen molar-refractivity contribution in [2.45, 2.75) is 52.1 Å². The van der Waals surface area contributed by atoms with Crippen LogP contribution in [0.5, 0.6) is 0 Å². The van der Waals surface area contributed by atoms with Crippen molar-refractivity contribution in [1.82, 2.24) is 0 Å². The maximum Gasteiger partial charge on any atom is 0.0603 e. The van der Waals surface area contributed by atoms with Gasteiger partial charge in [-0.25, -0.2) is 0 Å². The summed E-state index contributed by atoms with van der Waals surface area (Å²) in [6.45, 7) is 5.45.